The quantitative estimate of drug-likeness (QED) is 0.660. The summed E-state index contributed by atoms with van der Waals surface area (Å²) in [7, 11) is -2.75. The largest absolute Gasteiger partial charge is 0.465 e. The van der Waals surface area contributed by atoms with Crippen molar-refractivity contribution in [1.82, 2.24) is 9.62 Å². The maximum absolute atomic E-state index is 14.2. The summed E-state index contributed by atoms with van der Waals surface area (Å²) in [5, 5.41) is 2.65. The van der Waals surface area contributed by atoms with Crippen LogP contribution >= 0.6 is 0 Å². The van der Waals surface area contributed by atoms with Gasteiger partial charge in [-0.1, -0.05) is 26.0 Å². The van der Waals surface area contributed by atoms with E-state index in [0.717, 1.165) is 22.0 Å². The molecule has 156 valence electrons. The number of esters is 1. The number of methoxy groups -OCH3 is 1. The Morgan fingerprint density at radius 3 is 2.17 bits per heavy atom. The molecule has 0 unspecified atom stereocenters. The van der Waals surface area contributed by atoms with Gasteiger partial charge in [0.2, 0.25) is 10.0 Å². The van der Waals surface area contributed by atoms with Gasteiger partial charge < -0.3 is 10.1 Å². The SMILES string of the molecule is CCN(CC)S(=O)(=O)c1cc(C(=O)NCc2ccc(C(=O)OC)cc2)ccc1F. The average molecular weight is 422 g/mol. The zero-order valence-corrected chi connectivity index (χ0v) is 17.3. The highest BCUT2D eigenvalue weighted by molar-refractivity contribution is 7.89. The van der Waals surface area contributed by atoms with E-state index in [4.69, 9.17) is 0 Å². The van der Waals surface area contributed by atoms with Gasteiger partial charge in [-0.2, -0.15) is 4.31 Å². The normalized spacial score (nSPS) is 11.3. The van der Waals surface area contributed by atoms with Gasteiger partial charge in [0.05, 0.1) is 12.7 Å². The molecule has 1 amide bonds. The molecule has 0 heterocycles. The number of amides is 1. The highest BCUT2D eigenvalue weighted by atomic mass is 32.2. The van der Waals surface area contributed by atoms with Gasteiger partial charge in [0.25, 0.3) is 5.91 Å². The first-order valence-electron chi connectivity index (χ1n) is 8.99. The summed E-state index contributed by atoms with van der Waals surface area (Å²) in [6, 6.07) is 9.70. The number of ether oxygens (including phenoxy) is 1. The Balaban J connectivity index is 2.17. The standard InChI is InChI=1S/C20H23FN2O5S/c1-4-23(5-2)29(26,27)18-12-16(10-11-17(18)21)19(24)22-13-14-6-8-15(9-7-14)20(25)28-3/h6-12H,4-5,13H2,1-3H3,(H,22,24). The number of sulfonamides is 1. The lowest BCUT2D eigenvalue weighted by Crippen LogP contribution is -2.31. The zero-order valence-electron chi connectivity index (χ0n) is 16.4. The number of halogens is 1. The van der Waals surface area contributed by atoms with Crippen LogP contribution in [0.5, 0.6) is 0 Å². The summed E-state index contributed by atoms with van der Waals surface area (Å²) >= 11 is 0. The van der Waals surface area contributed by atoms with Crippen LogP contribution in [0.15, 0.2) is 47.4 Å². The monoisotopic (exact) mass is 422 g/mol. The number of hydrogen-bond acceptors (Lipinski definition) is 5. The third kappa shape index (κ3) is 5.18. The molecule has 2 aromatic rings. The van der Waals surface area contributed by atoms with Crippen molar-refractivity contribution in [2.24, 2.45) is 0 Å². The van der Waals surface area contributed by atoms with Crippen LogP contribution in [-0.4, -0.2) is 44.8 Å². The maximum atomic E-state index is 14.2. The Morgan fingerprint density at radius 2 is 1.62 bits per heavy atom. The minimum atomic E-state index is -4.04. The second-order valence-corrected chi connectivity index (χ2v) is 8.01. The van der Waals surface area contributed by atoms with E-state index in [-0.39, 0.29) is 25.2 Å². The fourth-order valence-corrected chi connectivity index (χ4v) is 4.25. The van der Waals surface area contributed by atoms with Gasteiger partial charge in [-0.05, 0) is 35.9 Å². The van der Waals surface area contributed by atoms with Crippen LogP contribution in [0.25, 0.3) is 0 Å². The topological polar surface area (TPSA) is 92.8 Å². The van der Waals surface area contributed by atoms with Crippen molar-refractivity contribution in [2.75, 3.05) is 20.2 Å². The molecule has 0 aliphatic heterocycles. The Morgan fingerprint density at radius 1 is 1.03 bits per heavy atom. The molecule has 0 spiro atoms. The van der Waals surface area contributed by atoms with Crippen molar-refractivity contribution < 1.29 is 27.1 Å². The summed E-state index contributed by atoms with van der Waals surface area (Å²) in [4.78, 5) is 23.3. The molecular formula is C20H23FN2O5S. The third-order valence-corrected chi connectivity index (χ3v) is 6.41. The molecule has 0 aliphatic rings. The fraction of sp³-hybridized carbons (Fsp3) is 0.300. The van der Waals surface area contributed by atoms with Crippen molar-refractivity contribution in [3.05, 3.63) is 65.0 Å². The molecule has 2 rings (SSSR count). The average Bonchev–Trinajstić information content (AvgIpc) is 2.72. The van der Waals surface area contributed by atoms with Gasteiger partial charge in [-0.3, -0.25) is 4.79 Å². The van der Waals surface area contributed by atoms with E-state index in [1.807, 2.05) is 0 Å². The summed E-state index contributed by atoms with van der Waals surface area (Å²) in [6.07, 6.45) is 0. The minimum Gasteiger partial charge on any atom is -0.465 e. The molecule has 0 radical (unpaired) electrons. The first-order chi connectivity index (χ1) is 13.7. The van der Waals surface area contributed by atoms with E-state index < -0.39 is 32.6 Å². The summed E-state index contributed by atoms with van der Waals surface area (Å²) < 4.78 is 45.1. The molecule has 0 aliphatic carbocycles. The minimum absolute atomic E-state index is 0.0308. The predicted molar refractivity (Wildman–Crippen MR) is 105 cm³/mol. The van der Waals surface area contributed by atoms with Gasteiger partial charge in [0, 0.05) is 25.2 Å². The van der Waals surface area contributed by atoms with E-state index >= 15 is 0 Å². The van der Waals surface area contributed by atoms with Crippen LogP contribution < -0.4 is 5.32 Å². The van der Waals surface area contributed by atoms with Crippen LogP contribution in [0.4, 0.5) is 4.39 Å². The molecular weight excluding hydrogens is 399 g/mol. The van der Waals surface area contributed by atoms with Gasteiger partial charge >= 0.3 is 5.97 Å². The first-order valence-corrected chi connectivity index (χ1v) is 10.4. The predicted octanol–water partition coefficient (Wildman–Crippen LogP) is 2.57. The lowest BCUT2D eigenvalue weighted by atomic mass is 10.1. The van der Waals surface area contributed by atoms with Crippen molar-refractivity contribution in [1.29, 1.82) is 0 Å². The number of carbonyl (C=O) groups is 2. The van der Waals surface area contributed by atoms with E-state index in [1.165, 1.54) is 13.2 Å². The van der Waals surface area contributed by atoms with Crippen LogP contribution in [0.1, 0.15) is 40.1 Å². The lowest BCUT2D eigenvalue weighted by molar-refractivity contribution is 0.0600. The van der Waals surface area contributed by atoms with Gasteiger partial charge in [0.1, 0.15) is 10.7 Å². The summed E-state index contributed by atoms with van der Waals surface area (Å²) in [5.41, 5.74) is 1.14. The number of benzene rings is 2. The van der Waals surface area contributed by atoms with Crippen molar-refractivity contribution in [3.8, 4) is 0 Å². The molecule has 1 N–H and O–H groups in total. The Bertz CT molecular complexity index is 986. The van der Waals surface area contributed by atoms with E-state index in [0.29, 0.717) is 5.56 Å². The lowest BCUT2D eigenvalue weighted by Gasteiger charge is -2.19. The molecule has 0 bridgehead atoms. The molecule has 7 nitrogen and oxygen atoms in total. The number of nitrogens with zero attached hydrogens (tertiary/aromatic N) is 1. The molecule has 29 heavy (non-hydrogen) atoms. The van der Waals surface area contributed by atoms with Crippen LogP contribution in [-0.2, 0) is 21.3 Å². The molecule has 0 aromatic heterocycles. The van der Waals surface area contributed by atoms with Crippen LogP contribution in [0, 0.1) is 5.82 Å². The molecule has 0 saturated heterocycles. The Kier molecular flexibility index (Phi) is 7.46. The molecule has 0 atom stereocenters. The molecule has 0 saturated carbocycles. The molecule has 0 fully saturated rings. The summed E-state index contributed by atoms with van der Waals surface area (Å²) in [6.45, 7) is 3.84. The second kappa shape index (κ2) is 9.62. The van der Waals surface area contributed by atoms with Crippen LogP contribution in [0.2, 0.25) is 0 Å². The Labute approximate surface area is 169 Å². The molecule has 9 heteroatoms. The highest BCUT2D eigenvalue weighted by Crippen LogP contribution is 2.21. The zero-order chi connectivity index (χ0) is 21.6. The third-order valence-electron chi connectivity index (χ3n) is 4.34. The van der Waals surface area contributed by atoms with Gasteiger partial charge in [-0.15, -0.1) is 0 Å². The van der Waals surface area contributed by atoms with Crippen molar-refractivity contribution in [3.63, 3.8) is 0 Å². The van der Waals surface area contributed by atoms with Crippen LogP contribution in [0.3, 0.4) is 0 Å². The number of rotatable bonds is 8. The van der Waals surface area contributed by atoms with E-state index in [2.05, 4.69) is 10.1 Å². The molecule has 2 aromatic carbocycles. The van der Waals surface area contributed by atoms with Crippen molar-refractivity contribution in [2.45, 2.75) is 25.3 Å². The second-order valence-electron chi connectivity index (χ2n) is 6.11. The van der Waals surface area contributed by atoms with Crippen molar-refractivity contribution >= 4 is 21.9 Å². The number of hydrogen-bond donors (Lipinski definition) is 1. The fourth-order valence-electron chi connectivity index (χ4n) is 2.71. The number of carbonyl (C=O) groups excluding carboxylic acids is 2. The number of nitrogens with one attached hydrogen (secondary N) is 1. The Hall–Kier alpha value is -2.78. The van der Waals surface area contributed by atoms with Gasteiger partial charge in [0.15, 0.2) is 0 Å². The van der Waals surface area contributed by atoms with E-state index in [1.54, 1.807) is 38.1 Å². The summed E-state index contributed by atoms with van der Waals surface area (Å²) in [5.74, 6) is -1.92. The first kappa shape index (κ1) is 22.5. The highest BCUT2D eigenvalue weighted by Gasteiger charge is 2.26. The maximum Gasteiger partial charge on any atom is 0.337 e. The van der Waals surface area contributed by atoms with Gasteiger partial charge in [-0.25, -0.2) is 17.6 Å². The van der Waals surface area contributed by atoms with E-state index in [9.17, 15) is 22.4 Å². The smallest absolute Gasteiger partial charge is 0.337 e.